The quantitative estimate of drug-likeness (QED) is 0.770. The highest BCUT2D eigenvalue weighted by atomic mass is 16.1. The monoisotopic (exact) mass is 364 g/mol. The van der Waals surface area contributed by atoms with Gasteiger partial charge in [0, 0.05) is 24.7 Å². The Labute approximate surface area is 158 Å². The van der Waals surface area contributed by atoms with Crippen molar-refractivity contribution < 1.29 is 4.79 Å². The fourth-order valence-electron chi connectivity index (χ4n) is 3.49. The van der Waals surface area contributed by atoms with Gasteiger partial charge in [-0.05, 0) is 37.1 Å². The molecule has 140 valence electrons. The molecule has 1 saturated heterocycles. The van der Waals surface area contributed by atoms with Crippen LogP contribution in [0.1, 0.15) is 38.4 Å². The molecular formula is C20H24N6O. The Hall–Kier alpha value is -2.96. The molecule has 3 heterocycles. The van der Waals surface area contributed by atoms with Crippen molar-refractivity contribution >= 4 is 23.1 Å². The van der Waals surface area contributed by atoms with Crippen molar-refractivity contribution in [2.45, 2.75) is 32.6 Å². The van der Waals surface area contributed by atoms with Gasteiger partial charge in [-0.2, -0.15) is 4.52 Å². The van der Waals surface area contributed by atoms with Crippen molar-refractivity contribution in [1.29, 1.82) is 0 Å². The molecule has 0 saturated carbocycles. The number of benzene rings is 1. The van der Waals surface area contributed by atoms with Gasteiger partial charge >= 0.3 is 0 Å². The molecule has 4 rings (SSSR count). The number of nitrogens with one attached hydrogen (secondary N) is 1. The minimum atomic E-state index is -0.0538. The molecule has 2 aromatic heterocycles. The van der Waals surface area contributed by atoms with Gasteiger partial charge in [-0.15, -0.1) is 15.3 Å². The van der Waals surface area contributed by atoms with Crippen LogP contribution in [0.3, 0.4) is 0 Å². The second kappa shape index (κ2) is 7.34. The standard InChI is InChI=1S/C20H24N6O/c1-14(2)19-23-22-17-10-11-18(24-26(17)19)25-12-6-7-15(13-25)20(27)21-16-8-4-3-5-9-16/h3-5,8-11,14-15H,6-7,12-13H2,1-2H3,(H,21,27)/t15-/m1/s1. The van der Waals surface area contributed by atoms with Crippen LogP contribution in [-0.2, 0) is 4.79 Å². The Balaban J connectivity index is 1.51. The normalized spacial score (nSPS) is 17.4. The van der Waals surface area contributed by atoms with Gasteiger partial charge in [0.1, 0.15) is 5.82 Å². The molecule has 0 radical (unpaired) electrons. The van der Waals surface area contributed by atoms with Crippen molar-refractivity contribution in [2.24, 2.45) is 5.92 Å². The van der Waals surface area contributed by atoms with Crippen LogP contribution >= 0.6 is 0 Å². The summed E-state index contributed by atoms with van der Waals surface area (Å²) >= 11 is 0. The molecule has 1 aliphatic rings. The molecule has 1 fully saturated rings. The van der Waals surface area contributed by atoms with Gasteiger partial charge in [0.2, 0.25) is 5.91 Å². The Morgan fingerprint density at radius 1 is 1.15 bits per heavy atom. The molecule has 27 heavy (non-hydrogen) atoms. The third-order valence-corrected chi connectivity index (χ3v) is 4.95. The van der Waals surface area contributed by atoms with Gasteiger partial charge in [-0.1, -0.05) is 32.0 Å². The Kier molecular flexibility index (Phi) is 4.75. The maximum Gasteiger partial charge on any atom is 0.229 e. The predicted octanol–water partition coefficient (Wildman–Crippen LogP) is 3.10. The third-order valence-electron chi connectivity index (χ3n) is 4.95. The molecule has 7 nitrogen and oxygen atoms in total. The lowest BCUT2D eigenvalue weighted by molar-refractivity contribution is -0.120. The first-order valence-electron chi connectivity index (χ1n) is 9.45. The number of nitrogens with zero attached hydrogens (tertiary/aromatic N) is 5. The van der Waals surface area contributed by atoms with E-state index in [2.05, 4.69) is 34.3 Å². The molecular weight excluding hydrogens is 340 g/mol. The first kappa shape index (κ1) is 17.5. The van der Waals surface area contributed by atoms with E-state index >= 15 is 0 Å². The lowest BCUT2D eigenvalue weighted by Crippen LogP contribution is -2.41. The summed E-state index contributed by atoms with van der Waals surface area (Å²) in [4.78, 5) is 14.9. The van der Waals surface area contributed by atoms with Crippen LogP contribution < -0.4 is 10.2 Å². The predicted molar refractivity (Wildman–Crippen MR) is 105 cm³/mol. The average molecular weight is 364 g/mol. The molecule has 0 aliphatic carbocycles. The van der Waals surface area contributed by atoms with E-state index in [9.17, 15) is 4.79 Å². The molecule has 1 aromatic carbocycles. The molecule has 0 bridgehead atoms. The SMILES string of the molecule is CC(C)c1nnc2ccc(N3CCC[C@@H](C(=O)Nc4ccccc4)C3)nn12. The molecule has 1 aliphatic heterocycles. The zero-order chi connectivity index (χ0) is 18.8. The Bertz CT molecular complexity index is 936. The lowest BCUT2D eigenvalue weighted by Gasteiger charge is -2.32. The number of piperidine rings is 1. The van der Waals surface area contributed by atoms with E-state index in [1.807, 2.05) is 47.0 Å². The minimum Gasteiger partial charge on any atom is -0.354 e. The highest BCUT2D eigenvalue weighted by Crippen LogP contribution is 2.24. The number of anilines is 2. The van der Waals surface area contributed by atoms with E-state index in [4.69, 9.17) is 5.10 Å². The van der Waals surface area contributed by atoms with Gasteiger partial charge in [-0.3, -0.25) is 4.79 Å². The Morgan fingerprint density at radius 2 is 1.96 bits per heavy atom. The average Bonchev–Trinajstić information content (AvgIpc) is 3.12. The van der Waals surface area contributed by atoms with Gasteiger partial charge in [0.25, 0.3) is 0 Å². The van der Waals surface area contributed by atoms with E-state index in [1.54, 1.807) is 0 Å². The van der Waals surface area contributed by atoms with Crippen LogP contribution in [0.5, 0.6) is 0 Å². The topological polar surface area (TPSA) is 75.4 Å². The molecule has 0 spiro atoms. The van der Waals surface area contributed by atoms with Crippen molar-refractivity contribution in [3.63, 3.8) is 0 Å². The fourth-order valence-corrected chi connectivity index (χ4v) is 3.49. The summed E-state index contributed by atoms with van der Waals surface area (Å²) in [5, 5.41) is 16.2. The molecule has 1 amide bonds. The van der Waals surface area contributed by atoms with Crippen LogP contribution in [0.25, 0.3) is 5.65 Å². The van der Waals surface area contributed by atoms with Crippen LogP contribution in [0.4, 0.5) is 11.5 Å². The van der Waals surface area contributed by atoms with Crippen LogP contribution in [0.15, 0.2) is 42.5 Å². The van der Waals surface area contributed by atoms with Gasteiger partial charge in [0.05, 0.1) is 5.92 Å². The second-order valence-corrected chi connectivity index (χ2v) is 7.31. The van der Waals surface area contributed by atoms with Gasteiger partial charge in [-0.25, -0.2) is 0 Å². The number of fused-ring (bicyclic) bond motifs is 1. The zero-order valence-electron chi connectivity index (χ0n) is 15.7. The molecule has 1 atom stereocenters. The zero-order valence-corrected chi connectivity index (χ0v) is 15.7. The second-order valence-electron chi connectivity index (χ2n) is 7.31. The largest absolute Gasteiger partial charge is 0.354 e. The highest BCUT2D eigenvalue weighted by molar-refractivity contribution is 5.93. The number of carbonyl (C=O) groups excluding carboxylic acids is 1. The fraction of sp³-hybridized carbons (Fsp3) is 0.400. The summed E-state index contributed by atoms with van der Waals surface area (Å²) in [6.45, 7) is 5.72. The van der Waals surface area contributed by atoms with Crippen molar-refractivity contribution in [2.75, 3.05) is 23.3 Å². The summed E-state index contributed by atoms with van der Waals surface area (Å²) in [6.07, 6.45) is 1.85. The van der Waals surface area contributed by atoms with Crippen molar-refractivity contribution in [3.8, 4) is 0 Å². The van der Waals surface area contributed by atoms with Crippen LogP contribution in [0, 0.1) is 5.92 Å². The number of amides is 1. The van der Waals surface area contributed by atoms with E-state index in [-0.39, 0.29) is 17.7 Å². The number of rotatable bonds is 4. The lowest BCUT2D eigenvalue weighted by atomic mass is 9.97. The highest BCUT2D eigenvalue weighted by Gasteiger charge is 2.27. The smallest absolute Gasteiger partial charge is 0.229 e. The maximum absolute atomic E-state index is 12.7. The molecule has 3 aromatic rings. The number of hydrogen-bond acceptors (Lipinski definition) is 5. The van der Waals surface area contributed by atoms with Gasteiger partial charge < -0.3 is 10.2 Å². The van der Waals surface area contributed by atoms with E-state index in [0.717, 1.165) is 42.4 Å². The van der Waals surface area contributed by atoms with Gasteiger partial charge in [0.15, 0.2) is 11.5 Å². The van der Waals surface area contributed by atoms with Crippen LogP contribution in [-0.4, -0.2) is 38.8 Å². The molecule has 7 heteroatoms. The van der Waals surface area contributed by atoms with E-state index in [0.29, 0.717) is 6.54 Å². The first-order valence-corrected chi connectivity index (χ1v) is 9.45. The number of para-hydroxylation sites is 1. The maximum atomic E-state index is 12.7. The van der Waals surface area contributed by atoms with Crippen molar-refractivity contribution in [1.82, 2.24) is 19.8 Å². The summed E-state index contributed by atoms with van der Waals surface area (Å²) in [7, 11) is 0. The summed E-state index contributed by atoms with van der Waals surface area (Å²) in [5.41, 5.74) is 1.59. The van der Waals surface area contributed by atoms with Crippen molar-refractivity contribution in [3.05, 3.63) is 48.3 Å². The number of hydrogen-bond donors (Lipinski definition) is 1. The molecule has 0 unspecified atom stereocenters. The summed E-state index contributed by atoms with van der Waals surface area (Å²) in [5.74, 6) is 1.97. The van der Waals surface area contributed by atoms with E-state index < -0.39 is 0 Å². The number of aromatic nitrogens is 4. The summed E-state index contributed by atoms with van der Waals surface area (Å²) in [6, 6.07) is 13.5. The van der Waals surface area contributed by atoms with Crippen LogP contribution in [0.2, 0.25) is 0 Å². The Morgan fingerprint density at radius 3 is 2.74 bits per heavy atom. The third kappa shape index (κ3) is 3.63. The first-order chi connectivity index (χ1) is 13.1. The number of carbonyl (C=O) groups is 1. The summed E-state index contributed by atoms with van der Waals surface area (Å²) < 4.78 is 1.81. The minimum absolute atomic E-state index is 0.0538. The van der Waals surface area contributed by atoms with E-state index in [1.165, 1.54) is 0 Å². The molecule has 1 N–H and O–H groups in total.